The summed E-state index contributed by atoms with van der Waals surface area (Å²) < 4.78 is 12.4. The van der Waals surface area contributed by atoms with Crippen LogP contribution in [0.25, 0.3) is 0 Å². The Morgan fingerprint density at radius 1 is 0.868 bits per heavy atom. The maximum absolute atomic E-state index is 14.3. The van der Waals surface area contributed by atoms with Gasteiger partial charge in [0, 0.05) is 61.5 Å². The molecule has 3 aromatic carbocycles. The van der Waals surface area contributed by atoms with Crippen LogP contribution in [-0.2, 0) is 40.1 Å². The summed E-state index contributed by atoms with van der Waals surface area (Å²) in [6.07, 6.45) is 20.5. The lowest BCUT2D eigenvalue weighted by Gasteiger charge is -2.44. The molecule has 3 aromatic rings. The number of nitrogens with zero attached hydrogens (tertiary/aromatic N) is 2. The van der Waals surface area contributed by atoms with Crippen LogP contribution in [0.15, 0.2) is 77.8 Å². The van der Waals surface area contributed by atoms with Gasteiger partial charge >= 0.3 is 5.97 Å². The minimum absolute atomic E-state index is 0.0279. The summed E-state index contributed by atoms with van der Waals surface area (Å²) in [5, 5.41) is 27.2. The van der Waals surface area contributed by atoms with Gasteiger partial charge in [0.25, 0.3) is 0 Å². The molecule has 1 amide bonds. The molecule has 2 heterocycles. The summed E-state index contributed by atoms with van der Waals surface area (Å²) in [5.74, 6) is 2.30. The Hall–Kier alpha value is -3.87. The van der Waals surface area contributed by atoms with E-state index < -0.39 is 12.2 Å². The molecule has 68 heavy (non-hydrogen) atoms. The highest BCUT2D eigenvalue weighted by Crippen LogP contribution is 2.63. The number of hydrogen-bond donors (Lipinski definition) is 4. The number of fused-ring (bicyclic) bond motifs is 5. The molecular formula is C56H78N4O6S2. The predicted molar refractivity (Wildman–Crippen MR) is 277 cm³/mol. The summed E-state index contributed by atoms with van der Waals surface area (Å²) >= 11 is 0. The molecule has 5 N–H and O–H groups in total. The van der Waals surface area contributed by atoms with Crippen LogP contribution < -0.4 is 15.8 Å². The average Bonchev–Trinajstić information content (AvgIpc) is 4.14. The molecule has 4 bridgehead atoms. The van der Waals surface area contributed by atoms with E-state index in [1.165, 1.54) is 56.6 Å². The van der Waals surface area contributed by atoms with Gasteiger partial charge in [0.1, 0.15) is 11.0 Å². The average molecular weight is 967 g/mol. The summed E-state index contributed by atoms with van der Waals surface area (Å²) in [4.78, 5) is 33.5. The maximum atomic E-state index is 14.3. The quantitative estimate of drug-likeness (QED) is 0.127. The van der Waals surface area contributed by atoms with Gasteiger partial charge in [-0.25, -0.2) is 0 Å². The van der Waals surface area contributed by atoms with E-state index in [1.807, 2.05) is 44.7 Å². The number of phenols is 1. The van der Waals surface area contributed by atoms with Crippen LogP contribution in [0.5, 0.6) is 11.5 Å². The fourth-order valence-corrected chi connectivity index (χ4v) is 16.4. The van der Waals surface area contributed by atoms with Crippen molar-refractivity contribution in [2.75, 3.05) is 18.8 Å². The van der Waals surface area contributed by atoms with Crippen molar-refractivity contribution in [3.63, 3.8) is 0 Å². The van der Waals surface area contributed by atoms with E-state index >= 15 is 0 Å². The molecule has 5 aliphatic rings. The van der Waals surface area contributed by atoms with Crippen LogP contribution in [0.4, 0.5) is 0 Å². The van der Waals surface area contributed by atoms with Crippen molar-refractivity contribution < 1.29 is 29.3 Å². The van der Waals surface area contributed by atoms with Gasteiger partial charge in [-0.05, 0) is 138 Å². The number of carbonyl (C=O) groups is 2. The Morgan fingerprint density at radius 3 is 2.32 bits per heavy atom. The standard InChI is InChI=1S/C56H78N4O6S2/c1-41(61)65-49-26-25-45-33-46(52(64)50(34-45)66-48-21-10-11-22-48)38-60-40-54(37-51(60)63,36-43-17-6-3-7-18-43)31-32-58-53(57)59-56(30-14-29-55(56)27-12-13-28-55)68-67-39-44(19-8-9-20-47(62)35-49)24-23-42-15-4-2-5-16-42/h2-7,15-18,33-34,44,47-49,62,64H,8-14,19-32,35-40H2,1H3,(H3,57,58,59). The van der Waals surface area contributed by atoms with Crippen molar-refractivity contribution in [1.29, 1.82) is 0 Å². The van der Waals surface area contributed by atoms with Gasteiger partial charge in [-0.15, -0.1) is 0 Å². The zero-order chi connectivity index (χ0) is 47.4. The molecule has 3 aliphatic carbocycles. The number of ether oxygens (including phenoxy) is 2. The third-order valence-corrected chi connectivity index (χ3v) is 19.4. The number of benzene rings is 3. The van der Waals surface area contributed by atoms with Crippen molar-refractivity contribution in [2.24, 2.45) is 27.5 Å². The van der Waals surface area contributed by atoms with E-state index in [1.54, 1.807) is 0 Å². The van der Waals surface area contributed by atoms with E-state index in [9.17, 15) is 19.8 Å². The molecule has 2 aliphatic heterocycles. The zero-order valence-electron chi connectivity index (χ0n) is 40.6. The number of aromatic hydroxyl groups is 1. The number of guanidine groups is 1. The minimum Gasteiger partial charge on any atom is -0.504 e. The minimum atomic E-state index is -0.595. The second-order valence-corrected chi connectivity index (χ2v) is 23.9. The van der Waals surface area contributed by atoms with Crippen LogP contribution in [-0.4, -0.2) is 75.0 Å². The van der Waals surface area contributed by atoms with Crippen LogP contribution in [0, 0.1) is 16.7 Å². The first-order valence-electron chi connectivity index (χ1n) is 26.1. The molecule has 3 saturated carbocycles. The number of nitrogens with two attached hydrogens (primary N) is 1. The van der Waals surface area contributed by atoms with Gasteiger partial charge in [0.15, 0.2) is 17.5 Å². The van der Waals surface area contributed by atoms with Crippen LogP contribution >= 0.6 is 21.6 Å². The topological polar surface area (TPSA) is 147 Å². The first-order chi connectivity index (χ1) is 33.0. The number of nitrogens with one attached hydrogen (secondary N) is 1. The molecule has 12 heteroatoms. The number of aryl methyl sites for hydroxylation is 2. The van der Waals surface area contributed by atoms with Gasteiger partial charge in [-0.2, -0.15) is 0 Å². The molecule has 10 nitrogen and oxygen atoms in total. The number of aliphatic imine (C=N–C) groups is 1. The largest absolute Gasteiger partial charge is 0.504 e. The second kappa shape index (κ2) is 23.8. The number of amides is 1. The highest BCUT2D eigenvalue weighted by molar-refractivity contribution is 8.77. The number of carbonyl (C=O) groups excluding carboxylic acids is 2. The Morgan fingerprint density at radius 2 is 1.57 bits per heavy atom. The number of esters is 1. The summed E-state index contributed by atoms with van der Waals surface area (Å²) in [7, 11) is 4.04. The lowest BCUT2D eigenvalue weighted by atomic mass is 9.78. The van der Waals surface area contributed by atoms with E-state index in [2.05, 4.69) is 59.9 Å². The highest BCUT2D eigenvalue weighted by Gasteiger charge is 2.57. The van der Waals surface area contributed by atoms with Gasteiger partial charge < -0.3 is 35.6 Å². The number of phenolic OH excluding ortho intramolecular Hbond substituents is 1. The monoisotopic (exact) mass is 967 g/mol. The Balaban J connectivity index is 1.08. The molecule has 2 spiro atoms. The normalized spacial score (nSPS) is 28.1. The van der Waals surface area contributed by atoms with Crippen molar-refractivity contribution >= 4 is 39.4 Å². The molecule has 1 saturated heterocycles. The Labute approximate surface area is 414 Å². The molecule has 8 rings (SSSR count). The fraction of sp³-hybridized carbons (Fsp3) is 0.625. The van der Waals surface area contributed by atoms with Crippen LogP contribution in [0.1, 0.15) is 158 Å². The molecular weight excluding hydrogens is 889 g/mol. The SMILES string of the molecule is CC(=O)OC1CCc2cc(c(O)c(OC3CCCC3)c2)CN2CC(Cc3ccccc3)(CCN=C(N)NC3(CCCC34CCCC4)SSCC(CCc3ccccc3)CCCCC(O)C1)CC2=O. The third-order valence-electron chi connectivity index (χ3n) is 16.1. The number of hydrogen-bond acceptors (Lipinski definition) is 11. The molecule has 0 aromatic heterocycles. The zero-order valence-corrected chi connectivity index (χ0v) is 42.3. The summed E-state index contributed by atoms with van der Waals surface area (Å²) in [6.45, 7) is 2.73. The van der Waals surface area contributed by atoms with E-state index in [0.29, 0.717) is 74.8 Å². The van der Waals surface area contributed by atoms with Crippen molar-refractivity contribution in [3.8, 4) is 11.5 Å². The first-order valence-corrected chi connectivity index (χ1v) is 28.4. The van der Waals surface area contributed by atoms with Crippen LogP contribution in [0.3, 0.4) is 0 Å². The van der Waals surface area contributed by atoms with Gasteiger partial charge in [-0.1, -0.05) is 114 Å². The molecule has 4 fully saturated rings. The molecule has 5 unspecified atom stereocenters. The first kappa shape index (κ1) is 50.5. The van der Waals surface area contributed by atoms with E-state index in [-0.39, 0.29) is 46.0 Å². The van der Waals surface area contributed by atoms with Gasteiger partial charge in [0.2, 0.25) is 5.91 Å². The lowest BCUT2D eigenvalue weighted by Crippen LogP contribution is -2.55. The van der Waals surface area contributed by atoms with Crippen molar-refractivity contribution in [1.82, 2.24) is 10.2 Å². The highest BCUT2D eigenvalue weighted by atomic mass is 33.1. The predicted octanol–water partition coefficient (Wildman–Crippen LogP) is 11.2. The summed E-state index contributed by atoms with van der Waals surface area (Å²) in [6, 6.07) is 25.2. The Bertz CT molecular complexity index is 2130. The fourth-order valence-electron chi connectivity index (χ4n) is 12.4. The second-order valence-electron chi connectivity index (χ2n) is 21.2. The Kier molecular flexibility index (Phi) is 17.7. The molecule has 0 radical (unpaired) electrons. The van der Waals surface area contributed by atoms with E-state index in [4.69, 9.17) is 20.2 Å². The maximum Gasteiger partial charge on any atom is 0.302 e. The smallest absolute Gasteiger partial charge is 0.302 e. The number of aliphatic hydroxyl groups is 1. The van der Waals surface area contributed by atoms with Gasteiger partial charge in [0.05, 0.1) is 12.2 Å². The number of aliphatic hydroxyl groups excluding tert-OH is 1. The molecule has 5 atom stereocenters. The van der Waals surface area contributed by atoms with E-state index in [0.717, 1.165) is 81.9 Å². The number of rotatable bonds is 8. The summed E-state index contributed by atoms with van der Waals surface area (Å²) in [5.41, 5.74) is 11.0. The van der Waals surface area contributed by atoms with Gasteiger partial charge in [-0.3, -0.25) is 14.6 Å². The lowest BCUT2D eigenvalue weighted by molar-refractivity contribution is -0.148. The third kappa shape index (κ3) is 13.3. The van der Waals surface area contributed by atoms with Crippen molar-refractivity contribution in [3.05, 3.63) is 95.1 Å². The van der Waals surface area contributed by atoms with Crippen molar-refractivity contribution in [2.45, 2.75) is 184 Å². The molecule has 370 valence electrons. The van der Waals surface area contributed by atoms with Crippen LogP contribution in [0.2, 0.25) is 0 Å².